The third kappa shape index (κ3) is 2.35. The molecule has 1 fully saturated rings. The fourth-order valence-corrected chi connectivity index (χ4v) is 2.48. The standard InChI is InChI=1S/C8H16O5P/c1-11-8(9,12-2)7-6(14-10)4-3-5-13-7/h6-7H,3-5,14H2,1-2H3. The summed E-state index contributed by atoms with van der Waals surface area (Å²) in [5.41, 5.74) is -0.235. The molecule has 1 rings (SSSR count). The van der Waals surface area contributed by atoms with Crippen molar-refractivity contribution in [3.8, 4) is 0 Å². The fourth-order valence-electron chi connectivity index (χ4n) is 1.62. The van der Waals surface area contributed by atoms with Crippen LogP contribution in [0.25, 0.3) is 0 Å². The number of ether oxygens (including phenoxy) is 3. The van der Waals surface area contributed by atoms with Gasteiger partial charge in [-0.15, -0.1) is 0 Å². The molecule has 1 heterocycles. The minimum Gasteiger partial charge on any atom is -0.369 e. The molecule has 1 aliphatic heterocycles. The molecule has 0 spiro atoms. The molecule has 0 aromatic rings. The summed E-state index contributed by atoms with van der Waals surface area (Å²) in [6.07, 6.45) is 0.805. The lowest BCUT2D eigenvalue weighted by molar-refractivity contribution is -0.411. The van der Waals surface area contributed by atoms with Crippen molar-refractivity contribution in [1.82, 2.24) is 0 Å². The molecule has 0 aliphatic carbocycles. The summed E-state index contributed by atoms with van der Waals surface area (Å²) in [7, 11) is 1.50. The van der Waals surface area contributed by atoms with Crippen LogP contribution in [0, 0.1) is 0 Å². The zero-order chi connectivity index (χ0) is 10.6. The Morgan fingerprint density at radius 1 is 1.43 bits per heavy atom. The third-order valence-electron chi connectivity index (χ3n) is 2.46. The zero-order valence-electron chi connectivity index (χ0n) is 8.39. The van der Waals surface area contributed by atoms with E-state index in [9.17, 15) is 9.67 Å². The summed E-state index contributed by atoms with van der Waals surface area (Å²) in [4.78, 5) is 0. The van der Waals surface area contributed by atoms with Crippen LogP contribution in [0.2, 0.25) is 0 Å². The van der Waals surface area contributed by atoms with Crippen LogP contribution < -0.4 is 0 Å². The van der Waals surface area contributed by atoms with E-state index in [2.05, 4.69) is 0 Å². The van der Waals surface area contributed by atoms with Gasteiger partial charge < -0.3 is 18.8 Å². The number of hydrogen-bond donors (Lipinski definition) is 0. The fraction of sp³-hybridized carbons (Fsp3) is 1.00. The second-order valence-electron chi connectivity index (χ2n) is 3.25. The highest BCUT2D eigenvalue weighted by Gasteiger charge is 2.46. The van der Waals surface area contributed by atoms with Crippen LogP contribution in [0.3, 0.4) is 0 Å². The minimum atomic E-state index is -2.03. The van der Waals surface area contributed by atoms with Gasteiger partial charge >= 0.3 is 5.97 Å². The van der Waals surface area contributed by atoms with Crippen molar-refractivity contribution in [2.45, 2.75) is 30.6 Å². The van der Waals surface area contributed by atoms with Crippen molar-refractivity contribution in [1.29, 1.82) is 0 Å². The van der Waals surface area contributed by atoms with Crippen molar-refractivity contribution in [2.24, 2.45) is 0 Å². The van der Waals surface area contributed by atoms with Crippen molar-refractivity contribution in [2.75, 3.05) is 20.8 Å². The van der Waals surface area contributed by atoms with Gasteiger partial charge in [0.05, 0.1) is 8.46 Å². The predicted molar refractivity (Wildman–Crippen MR) is 50.6 cm³/mol. The van der Waals surface area contributed by atoms with Crippen LogP contribution in [0.15, 0.2) is 0 Å². The van der Waals surface area contributed by atoms with Crippen LogP contribution in [0.1, 0.15) is 12.8 Å². The average Bonchev–Trinajstić information content (AvgIpc) is 2.28. The molecule has 1 saturated heterocycles. The average molecular weight is 223 g/mol. The van der Waals surface area contributed by atoms with Gasteiger partial charge in [0.15, 0.2) is 6.10 Å². The molecule has 0 bridgehead atoms. The maximum Gasteiger partial charge on any atom is 0.339 e. The molecular formula is C8H16O5P. The summed E-state index contributed by atoms with van der Waals surface area (Å²) >= 11 is 0. The molecular weight excluding hydrogens is 207 g/mol. The maximum atomic E-state index is 11.9. The Labute approximate surface area is 84.5 Å². The van der Waals surface area contributed by atoms with E-state index in [1.807, 2.05) is 0 Å². The molecule has 0 aromatic heterocycles. The van der Waals surface area contributed by atoms with Gasteiger partial charge in [0.2, 0.25) is 0 Å². The lowest BCUT2D eigenvalue weighted by atomic mass is 10.1. The SMILES string of the molecule is COC([O])(OC)C1OCCCC1[PH2]=O. The lowest BCUT2D eigenvalue weighted by Gasteiger charge is -2.36. The number of hydrogen-bond acceptors (Lipinski definition) is 4. The summed E-state index contributed by atoms with van der Waals surface area (Å²) in [5.74, 6) is -2.03. The first-order chi connectivity index (χ1) is 6.68. The first kappa shape index (κ1) is 12.1. The van der Waals surface area contributed by atoms with Crippen molar-refractivity contribution < 1.29 is 23.9 Å². The Hall–Kier alpha value is 0.0700. The molecule has 0 amide bonds. The summed E-state index contributed by atoms with van der Waals surface area (Å²) in [6.45, 7) is 0.497. The zero-order valence-corrected chi connectivity index (χ0v) is 9.55. The summed E-state index contributed by atoms with van der Waals surface area (Å²) in [5, 5.41) is 11.9. The van der Waals surface area contributed by atoms with Gasteiger partial charge in [-0.1, -0.05) is 0 Å². The molecule has 3 atom stereocenters. The van der Waals surface area contributed by atoms with E-state index >= 15 is 0 Å². The van der Waals surface area contributed by atoms with E-state index in [-0.39, 0.29) is 5.66 Å². The van der Waals surface area contributed by atoms with Gasteiger partial charge in [-0.05, 0) is 12.8 Å². The highest BCUT2D eigenvalue weighted by Crippen LogP contribution is 2.32. The Bertz CT molecular complexity index is 194. The van der Waals surface area contributed by atoms with E-state index in [4.69, 9.17) is 14.2 Å². The van der Waals surface area contributed by atoms with E-state index in [0.29, 0.717) is 6.61 Å². The molecule has 0 aromatic carbocycles. The van der Waals surface area contributed by atoms with Gasteiger partial charge in [-0.3, -0.25) is 0 Å². The Kier molecular flexibility index (Phi) is 4.54. The molecule has 3 unspecified atom stereocenters. The Balaban J connectivity index is 2.75. The van der Waals surface area contributed by atoms with Gasteiger partial charge in [-0.2, -0.15) is 5.11 Å². The molecule has 5 nitrogen and oxygen atoms in total. The van der Waals surface area contributed by atoms with Crippen molar-refractivity contribution >= 4 is 8.46 Å². The lowest BCUT2D eigenvalue weighted by Crippen LogP contribution is -2.52. The van der Waals surface area contributed by atoms with Crippen LogP contribution >= 0.6 is 8.46 Å². The first-order valence-electron chi connectivity index (χ1n) is 4.55. The summed E-state index contributed by atoms with van der Waals surface area (Å²) in [6, 6.07) is 0. The van der Waals surface area contributed by atoms with E-state index in [1.165, 1.54) is 14.2 Å². The van der Waals surface area contributed by atoms with Crippen LogP contribution in [0.4, 0.5) is 0 Å². The minimum absolute atomic E-state index is 0.235. The van der Waals surface area contributed by atoms with Crippen molar-refractivity contribution in [3.63, 3.8) is 0 Å². The van der Waals surface area contributed by atoms with Crippen molar-refractivity contribution in [3.05, 3.63) is 0 Å². The Morgan fingerprint density at radius 3 is 2.57 bits per heavy atom. The monoisotopic (exact) mass is 223 g/mol. The maximum absolute atomic E-state index is 11.9. The normalized spacial score (nSPS) is 29.9. The van der Waals surface area contributed by atoms with Crippen LogP contribution in [0.5, 0.6) is 0 Å². The van der Waals surface area contributed by atoms with E-state index in [1.54, 1.807) is 0 Å². The predicted octanol–water partition coefficient (Wildman–Crippen LogP) is 0.667. The molecule has 83 valence electrons. The third-order valence-corrected chi connectivity index (χ3v) is 3.49. The van der Waals surface area contributed by atoms with E-state index in [0.717, 1.165) is 12.8 Å². The second kappa shape index (κ2) is 5.24. The highest BCUT2D eigenvalue weighted by molar-refractivity contribution is 7.24. The van der Waals surface area contributed by atoms with E-state index < -0.39 is 20.5 Å². The molecule has 1 radical (unpaired) electrons. The number of methoxy groups -OCH3 is 2. The molecule has 6 heteroatoms. The van der Waals surface area contributed by atoms with Gasteiger partial charge in [0, 0.05) is 26.5 Å². The van der Waals surface area contributed by atoms with Crippen LogP contribution in [-0.4, -0.2) is 38.6 Å². The summed E-state index contributed by atoms with van der Waals surface area (Å²) < 4.78 is 25.7. The second-order valence-corrected chi connectivity index (χ2v) is 4.37. The van der Waals surface area contributed by atoms with Gasteiger partial charge in [-0.25, -0.2) is 0 Å². The topological polar surface area (TPSA) is 64.7 Å². The molecule has 0 saturated carbocycles. The Morgan fingerprint density at radius 2 is 2.07 bits per heavy atom. The largest absolute Gasteiger partial charge is 0.369 e. The van der Waals surface area contributed by atoms with Gasteiger partial charge in [0.25, 0.3) is 0 Å². The highest BCUT2D eigenvalue weighted by atomic mass is 31.1. The smallest absolute Gasteiger partial charge is 0.339 e. The quantitative estimate of drug-likeness (QED) is 0.519. The first-order valence-corrected chi connectivity index (χ1v) is 5.69. The van der Waals surface area contributed by atoms with Gasteiger partial charge in [0.1, 0.15) is 0 Å². The molecule has 0 N–H and O–H groups in total. The number of rotatable bonds is 4. The molecule has 14 heavy (non-hydrogen) atoms. The van der Waals surface area contributed by atoms with Crippen LogP contribution in [-0.2, 0) is 23.9 Å². The molecule has 1 aliphatic rings.